The van der Waals surface area contributed by atoms with E-state index in [4.69, 9.17) is 0 Å². The van der Waals surface area contributed by atoms with Crippen LogP contribution in [-0.2, 0) is 4.79 Å². The first kappa shape index (κ1) is 19.8. The molecule has 1 aromatic rings. The molecule has 27 heavy (non-hydrogen) atoms. The Hall–Kier alpha value is -1.95. The lowest BCUT2D eigenvalue weighted by molar-refractivity contribution is -0.134. The largest absolute Gasteiger partial charge is 0.339 e. The number of piperazine rings is 1. The maximum atomic E-state index is 13.7. The minimum Gasteiger partial charge on any atom is -0.339 e. The van der Waals surface area contributed by atoms with Crippen LogP contribution in [0.1, 0.15) is 42.1 Å². The highest BCUT2D eigenvalue weighted by atomic mass is 19.1. The lowest BCUT2D eigenvalue weighted by Crippen LogP contribution is -2.51. The summed E-state index contributed by atoms with van der Waals surface area (Å²) >= 11 is 0. The topological polar surface area (TPSA) is 52.7 Å². The van der Waals surface area contributed by atoms with Gasteiger partial charge in [0.05, 0.1) is 0 Å². The average Bonchev–Trinajstić information content (AvgIpc) is 2.70. The second-order valence-corrected chi connectivity index (χ2v) is 7.92. The van der Waals surface area contributed by atoms with Gasteiger partial charge < -0.3 is 15.1 Å². The molecule has 0 aliphatic carbocycles. The van der Waals surface area contributed by atoms with E-state index in [1.54, 1.807) is 24.0 Å². The summed E-state index contributed by atoms with van der Waals surface area (Å²) in [5, 5.41) is 3.41. The van der Waals surface area contributed by atoms with Crippen LogP contribution in [0.4, 0.5) is 4.39 Å². The Bertz CT molecular complexity index is 680. The number of piperidine rings is 1. The molecule has 2 unspecified atom stereocenters. The highest BCUT2D eigenvalue weighted by Gasteiger charge is 2.28. The Morgan fingerprint density at radius 2 is 1.93 bits per heavy atom. The molecule has 0 aromatic heterocycles. The summed E-state index contributed by atoms with van der Waals surface area (Å²) in [7, 11) is 0. The number of carbonyl (C=O) groups is 2. The summed E-state index contributed by atoms with van der Waals surface area (Å²) in [5.41, 5.74) is 0.903. The van der Waals surface area contributed by atoms with Gasteiger partial charge in [0.25, 0.3) is 5.91 Å². The third-order valence-electron chi connectivity index (χ3n) is 5.97. The fourth-order valence-electron chi connectivity index (χ4n) is 4.00. The van der Waals surface area contributed by atoms with E-state index in [1.165, 1.54) is 18.9 Å². The van der Waals surface area contributed by atoms with E-state index in [9.17, 15) is 14.0 Å². The molecule has 0 saturated carbocycles. The van der Waals surface area contributed by atoms with Gasteiger partial charge in [-0.25, -0.2) is 4.39 Å². The summed E-state index contributed by atoms with van der Waals surface area (Å²) in [6, 6.07) is 4.59. The van der Waals surface area contributed by atoms with Crippen molar-refractivity contribution < 1.29 is 14.0 Å². The van der Waals surface area contributed by atoms with E-state index < -0.39 is 0 Å². The summed E-state index contributed by atoms with van der Waals surface area (Å²) < 4.78 is 13.7. The van der Waals surface area contributed by atoms with Crippen LogP contribution < -0.4 is 5.32 Å². The Morgan fingerprint density at radius 1 is 1.22 bits per heavy atom. The lowest BCUT2D eigenvalue weighted by atomic mass is 9.85. The van der Waals surface area contributed by atoms with Crippen LogP contribution in [0.3, 0.4) is 0 Å². The smallest absolute Gasteiger partial charge is 0.254 e. The van der Waals surface area contributed by atoms with Gasteiger partial charge in [-0.3, -0.25) is 9.59 Å². The third kappa shape index (κ3) is 4.86. The molecule has 148 valence electrons. The summed E-state index contributed by atoms with van der Waals surface area (Å²) in [5.74, 6) is 0.604. The zero-order valence-corrected chi connectivity index (χ0v) is 16.3. The zero-order chi connectivity index (χ0) is 19.4. The minimum absolute atomic E-state index is 0.164. The van der Waals surface area contributed by atoms with Crippen LogP contribution >= 0.6 is 0 Å². The van der Waals surface area contributed by atoms with Gasteiger partial charge in [-0.2, -0.15) is 0 Å². The fourth-order valence-corrected chi connectivity index (χ4v) is 4.00. The Kier molecular flexibility index (Phi) is 6.47. The number of hydrogen-bond donors (Lipinski definition) is 1. The molecule has 2 atom stereocenters. The molecule has 6 heteroatoms. The number of rotatable bonds is 4. The number of aryl methyl sites for hydroxylation is 1. The van der Waals surface area contributed by atoms with Crippen molar-refractivity contribution in [1.82, 2.24) is 15.1 Å². The molecule has 2 fully saturated rings. The van der Waals surface area contributed by atoms with E-state index in [1.807, 2.05) is 4.90 Å². The van der Waals surface area contributed by atoms with Gasteiger partial charge >= 0.3 is 0 Å². The number of carbonyl (C=O) groups excluding carboxylic acids is 2. The summed E-state index contributed by atoms with van der Waals surface area (Å²) in [6.07, 6.45) is 2.95. The molecular weight excluding hydrogens is 345 g/mol. The van der Waals surface area contributed by atoms with E-state index >= 15 is 0 Å². The van der Waals surface area contributed by atoms with Gasteiger partial charge in [-0.1, -0.05) is 13.0 Å². The molecule has 2 aliphatic rings. The van der Waals surface area contributed by atoms with Crippen molar-refractivity contribution in [2.24, 2.45) is 11.8 Å². The van der Waals surface area contributed by atoms with Crippen molar-refractivity contribution >= 4 is 11.8 Å². The van der Waals surface area contributed by atoms with Crippen molar-refractivity contribution in [3.8, 4) is 0 Å². The monoisotopic (exact) mass is 375 g/mol. The minimum atomic E-state index is -0.360. The predicted octanol–water partition coefficient (Wildman–Crippen LogP) is 2.44. The SMILES string of the molecule is Cc1ccc(C(=O)N2CCN(C(=O)CC(C)C3CCCNC3)CC2)cc1F. The molecule has 2 heterocycles. The molecule has 2 saturated heterocycles. The average molecular weight is 375 g/mol. The Labute approximate surface area is 160 Å². The number of halogens is 1. The first-order chi connectivity index (χ1) is 13.0. The van der Waals surface area contributed by atoms with Crippen LogP contribution in [0.15, 0.2) is 18.2 Å². The van der Waals surface area contributed by atoms with Crippen molar-refractivity contribution in [3.05, 3.63) is 35.1 Å². The van der Waals surface area contributed by atoms with Crippen molar-refractivity contribution in [2.45, 2.75) is 33.1 Å². The molecule has 2 amide bonds. The van der Waals surface area contributed by atoms with Gasteiger partial charge in [0.2, 0.25) is 5.91 Å². The molecular formula is C21H30FN3O2. The van der Waals surface area contributed by atoms with Crippen LogP contribution in [0.25, 0.3) is 0 Å². The summed E-state index contributed by atoms with van der Waals surface area (Å²) in [4.78, 5) is 28.8. The van der Waals surface area contributed by atoms with E-state index in [-0.39, 0.29) is 17.6 Å². The number of hydrogen-bond acceptors (Lipinski definition) is 3. The van der Waals surface area contributed by atoms with E-state index in [0.29, 0.717) is 55.6 Å². The van der Waals surface area contributed by atoms with Crippen molar-refractivity contribution in [2.75, 3.05) is 39.3 Å². The number of nitrogens with zero attached hydrogens (tertiary/aromatic N) is 2. The maximum absolute atomic E-state index is 13.7. The second-order valence-electron chi connectivity index (χ2n) is 7.92. The van der Waals surface area contributed by atoms with Gasteiger partial charge in [-0.15, -0.1) is 0 Å². The number of nitrogens with one attached hydrogen (secondary N) is 1. The molecule has 0 bridgehead atoms. The lowest BCUT2D eigenvalue weighted by Gasteiger charge is -2.36. The maximum Gasteiger partial charge on any atom is 0.254 e. The van der Waals surface area contributed by atoms with Gasteiger partial charge in [0.15, 0.2) is 0 Å². The highest BCUT2D eigenvalue weighted by molar-refractivity contribution is 5.94. The van der Waals surface area contributed by atoms with Gasteiger partial charge in [0.1, 0.15) is 5.82 Å². The van der Waals surface area contributed by atoms with Gasteiger partial charge in [-0.05, 0) is 62.4 Å². The van der Waals surface area contributed by atoms with Crippen molar-refractivity contribution in [1.29, 1.82) is 0 Å². The number of benzene rings is 1. The molecule has 2 aliphatic heterocycles. The van der Waals surface area contributed by atoms with Crippen LogP contribution in [0.5, 0.6) is 0 Å². The van der Waals surface area contributed by atoms with E-state index in [0.717, 1.165) is 13.1 Å². The van der Waals surface area contributed by atoms with Crippen LogP contribution in [0, 0.1) is 24.6 Å². The molecule has 5 nitrogen and oxygen atoms in total. The summed E-state index contributed by atoms with van der Waals surface area (Å²) in [6.45, 7) is 8.03. The highest BCUT2D eigenvalue weighted by Crippen LogP contribution is 2.23. The predicted molar refractivity (Wildman–Crippen MR) is 103 cm³/mol. The quantitative estimate of drug-likeness (QED) is 0.880. The van der Waals surface area contributed by atoms with E-state index in [2.05, 4.69) is 12.2 Å². The second kappa shape index (κ2) is 8.83. The Balaban J connectivity index is 1.49. The van der Waals surface area contributed by atoms with Gasteiger partial charge in [0, 0.05) is 38.2 Å². The molecule has 1 aromatic carbocycles. The number of amides is 2. The Morgan fingerprint density at radius 3 is 2.56 bits per heavy atom. The third-order valence-corrected chi connectivity index (χ3v) is 5.97. The molecule has 0 radical (unpaired) electrons. The fraction of sp³-hybridized carbons (Fsp3) is 0.619. The van der Waals surface area contributed by atoms with Crippen LogP contribution in [-0.4, -0.2) is 60.9 Å². The first-order valence-electron chi connectivity index (χ1n) is 9.99. The molecule has 0 spiro atoms. The standard InChI is InChI=1S/C21H30FN3O2/c1-15-5-6-17(13-19(15)22)21(27)25-10-8-24(9-11-25)20(26)12-16(2)18-4-3-7-23-14-18/h5-6,13,16,18,23H,3-4,7-12,14H2,1-2H3. The van der Waals surface area contributed by atoms with Crippen LogP contribution in [0.2, 0.25) is 0 Å². The van der Waals surface area contributed by atoms with Crippen molar-refractivity contribution in [3.63, 3.8) is 0 Å². The molecule has 3 rings (SSSR count). The normalized spacial score (nSPS) is 21.8. The first-order valence-corrected chi connectivity index (χ1v) is 9.99. The zero-order valence-electron chi connectivity index (χ0n) is 16.3. The molecule has 1 N–H and O–H groups in total.